The molecule has 0 aromatic carbocycles. The Labute approximate surface area is 133 Å². The Kier molecular flexibility index (Phi) is 5.84. The summed E-state index contributed by atoms with van der Waals surface area (Å²) in [5.41, 5.74) is 4.58. The zero-order chi connectivity index (χ0) is 14.9. The van der Waals surface area contributed by atoms with Gasteiger partial charge in [0.15, 0.2) is 0 Å². The van der Waals surface area contributed by atoms with E-state index >= 15 is 0 Å². The first-order valence-corrected chi connectivity index (χ1v) is 7.22. The average Bonchev–Trinajstić information content (AvgIpc) is 2.91. The summed E-state index contributed by atoms with van der Waals surface area (Å²) in [6, 6.07) is 0.781. The van der Waals surface area contributed by atoms with Gasteiger partial charge in [0, 0.05) is 36.1 Å². The van der Waals surface area contributed by atoms with Crippen molar-refractivity contribution in [3.05, 3.63) is 29.3 Å². The van der Waals surface area contributed by atoms with Gasteiger partial charge in [0.05, 0.1) is 17.6 Å². The minimum Gasteiger partial charge on any atom is -0.378 e. The maximum absolute atomic E-state index is 4.51. The topological polar surface area (TPSA) is 47.7 Å². The van der Waals surface area contributed by atoms with Crippen LogP contribution < -0.4 is 5.32 Å². The molecule has 5 nitrogen and oxygen atoms in total. The number of aromatic nitrogens is 4. The van der Waals surface area contributed by atoms with E-state index in [0.717, 1.165) is 17.9 Å². The fraction of sp³-hybridized carbons (Fsp3) is 0.600. The lowest BCUT2D eigenvalue weighted by molar-refractivity contribution is 0.518. The average molecular weight is 312 g/mol. The van der Waals surface area contributed by atoms with Crippen molar-refractivity contribution in [2.45, 2.75) is 60.2 Å². The highest BCUT2D eigenvalue weighted by Crippen LogP contribution is 2.18. The molecule has 0 amide bonds. The van der Waals surface area contributed by atoms with Crippen LogP contribution in [-0.4, -0.2) is 19.6 Å². The largest absolute Gasteiger partial charge is 0.378 e. The quantitative estimate of drug-likeness (QED) is 0.911. The molecule has 21 heavy (non-hydrogen) atoms. The Bertz CT molecular complexity index is 581. The van der Waals surface area contributed by atoms with Gasteiger partial charge in [0.2, 0.25) is 0 Å². The molecule has 2 aromatic rings. The van der Waals surface area contributed by atoms with E-state index in [9.17, 15) is 0 Å². The second-order valence-electron chi connectivity index (χ2n) is 5.85. The lowest BCUT2D eigenvalue weighted by Gasteiger charge is -2.09. The molecule has 0 radical (unpaired) electrons. The minimum absolute atomic E-state index is 0. The van der Waals surface area contributed by atoms with Crippen LogP contribution in [-0.2, 0) is 6.54 Å². The molecule has 2 aromatic heterocycles. The van der Waals surface area contributed by atoms with Crippen LogP contribution in [0.3, 0.4) is 0 Å². The Morgan fingerprint density at radius 2 is 1.81 bits per heavy atom. The van der Waals surface area contributed by atoms with Gasteiger partial charge < -0.3 is 5.32 Å². The molecule has 6 heteroatoms. The summed E-state index contributed by atoms with van der Waals surface area (Å²) >= 11 is 0. The van der Waals surface area contributed by atoms with Gasteiger partial charge in [-0.1, -0.05) is 0 Å². The number of nitrogens with zero attached hydrogens (tertiary/aromatic N) is 4. The molecule has 0 unspecified atom stereocenters. The summed E-state index contributed by atoms with van der Waals surface area (Å²) in [6.07, 6.45) is 4.02. The zero-order valence-electron chi connectivity index (χ0n) is 13.7. The van der Waals surface area contributed by atoms with Gasteiger partial charge in [-0.2, -0.15) is 10.2 Å². The molecular formula is C15H26ClN5. The molecule has 0 aliphatic carbocycles. The minimum atomic E-state index is 0. The molecule has 0 fully saturated rings. The van der Waals surface area contributed by atoms with E-state index in [-0.39, 0.29) is 12.4 Å². The fourth-order valence-electron chi connectivity index (χ4n) is 2.26. The third-order valence-electron chi connectivity index (χ3n) is 3.55. The van der Waals surface area contributed by atoms with Crippen LogP contribution in [0.1, 0.15) is 56.7 Å². The smallest absolute Gasteiger partial charge is 0.0825 e. The molecule has 0 saturated heterocycles. The van der Waals surface area contributed by atoms with Crippen molar-refractivity contribution in [2.24, 2.45) is 0 Å². The van der Waals surface area contributed by atoms with Crippen molar-refractivity contribution in [3.8, 4) is 0 Å². The summed E-state index contributed by atoms with van der Waals surface area (Å²) in [5, 5.41) is 12.4. The normalized spacial score (nSPS) is 11.0. The number of halogens is 1. The van der Waals surface area contributed by atoms with E-state index in [2.05, 4.69) is 61.0 Å². The molecule has 0 saturated carbocycles. The van der Waals surface area contributed by atoms with Gasteiger partial charge >= 0.3 is 0 Å². The summed E-state index contributed by atoms with van der Waals surface area (Å²) in [5.74, 6) is 0. The van der Waals surface area contributed by atoms with E-state index in [1.54, 1.807) is 0 Å². The maximum atomic E-state index is 4.51. The Balaban J connectivity index is 0.00000220. The number of anilines is 1. The Morgan fingerprint density at radius 3 is 2.29 bits per heavy atom. The number of rotatable bonds is 5. The predicted molar refractivity (Wildman–Crippen MR) is 89.3 cm³/mol. The molecule has 2 heterocycles. The zero-order valence-corrected chi connectivity index (χ0v) is 14.5. The summed E-state index contributed by atoms with van der Waals surface area (Å²) < 4.78 is 4.05. The van der Waals surface area contributed by atoms with Crippen molar-refractivity contribution in [2.75, 3.05) is 5.32 Å². The Hall–Kier alpha value is -1.49. The molecule has 0 atom stereocenters. The summed E-state index contributed by atoms with van der Waals surface area (Å²) in [6.45, 7) is 13.5. The van der Waals surface area contributed by atoms with Crippen LogP contribution in [0.4, 0.5) is 5.69 Å². The van der Waals surface area contributed by atoms with Crippen LogP contribution in [0.15, 0.2) is 12.4 Å². The van der Waals surface area contributed by atoms with Gasteiger partial charge in [-0.15, -0.1) is 12.4 Å². The maximum Gasteiger partial charge on any atom is 0.0825 e. The summed E-state index contributed by atoms with van der Waals surface area (Å²) in [7, 11) is 0. The lowest BCUT2D eigenvalue weighted by atomic mass is 10.2. The van der Waals surface area contributed by atoms with Crippen molar-refractivity contribution in [1.82, 2.24) is 19.6 Å². The van der Waals surface area contributed by atoms with Gasteiger partial charge in [0.1, 0.15) is 0 Å². The standard InChI is InChI=1S/C15H25N5.ClH/c1-10(2)19-9-15(12(5)18-19)16-7-14-8-17-20(11(3)4)13(14)6;/h8-11,16H,7H2,1-6H3;1H. The second-order valence-corrected chi connectivity index (χ2v) is 5.85. The Morgan fingerprint density at radius 1 is 1.14 bits per heavy atom. The van der Waals surface area contributed by atoms with Crippen molar-refractivity contribution < 1.29 is 0 Å². The van der Waals surface area contributed by atoms with E-state index in [1.165, 1.54) is 11.3 Å². The number of hydrogen-bond acceptors (Lipinski definition) is 3. The van der Waals surface area contributed by atoms with Crippen LogP contribution in [0.2, 0.25) is 0 Å². The SMILES string of the molecule is Cc1nn(C(C)C)cc1NCc1cnn(C(C)C)c1C.Cl. The predicted octanol–water partition coefficient (Wildman–Crippen LogP) is 3.89. The third kappa shape index (κ3) is 3.79. The number of hydrogen-bond donors (Lipinski definition) is 1. The number of aryl methyl sites for hydroxylation is 1. The molecular weight excluding hydrogens is 286 g/mol. The number of nitrogens with one attached hydrogen (secondary N) is 1. The molecule has 0 aliphatic heterocycles. The first-order valence-electron chi connectivity index (χ1n) is 7.22. The van der Waals surface area contributed by atoms with Gasteiger partial charge in [-0.25, -0.2) is 0 Å². The van der Waals surface area contributed by atoms with Crippen molar-refractivity contribution >= 4 is 18.1 Å². The summed E-state index contributed by atoms with van der Waals surface area (Å²) in [4.78, 5) is 0. The van der Waals surface area contributed by atoms with Crippen molar-refractivity contribution in [1.29, 1.82) is 0 Å². The highest BCUT2D eigenvalue weighted by molar-refractivity contribution is 5.85. The van der Waals surface area contributed by atoms with Crippen LogP contribution in [0.25, 0.3) is 0 Å². The van der Waals surface area contributed by atoms with Crippen LogP contribution in [0.5, 0.6) is 0 Å². The molecule has 118 valence electrons. The monoisotopic (exact) mass is 311 g/mol. The van der Waals surface area contributed by atoms with Crippen LogP contribution >= 0.6 is 12.4 Å². The van der Waals surface area contributed by atoms with E-state index in [1.807, 2.05) is 17.8 Å². The third-order valence-corrected chi connectivity index (χ3v) is 3.55. The highest BCUT2D eigenvalue weighted by Gasteiger charge is 2.10. The van der Waals surface area contributed by atoms with Gasteiger partial charge in [-0.05, 0) is 41.5 Å². The molecule has 1 N–H and O–H groups in total. The lowest BCUT2D eigenvalue weighted by Crippen LogP contribution is -2.06. The van der Waals surface area contributed by atoms with Crippen molar-refractivity contribution in [3.63, 3.8) is 0 Å². The van der Waals surface area contributed by atoms with Gasteiger partial charge in [-0.3, -0.25) is 9.36 Å². The fourth-order valence-corrected chi connectivity index (χ4v) is 2.26. The van der Waals surface area contributed by atoms with E-state index in [0.29, 0.717) is 12.1 Å². The second kappa shape index (κ2) is 6.98. The highest BCUT2D eigenvalue weighted by atomic mass is 35.5. The molecule has 0 aliphatic rings. The first kappa shape index (κ1) is 17.6. The molecule has 0 bridgehead atoms. The van der Waals surface area contributed by atoms with Gasteiger partial charge in [0.25, 0.3) is 0 Å². The van der Waals surface area contributed by atoms with E-state index < -0.39 is 0 Å². The molecule has 0 spiro atoms. The first-order chi connectivity index (χ1) is 9.40. The van der Waals surface area contributed by atoms with Crippen LogP contribution in [0, 0.1) is 13.8 Å². The molecule has 2 rings (SSSR count). The van der Waals surface area contributed by atoms with E-state index in [4.69, 9.17) is 0 Å².